The molecular weight excluding hydrogens is 210 g/mol. The second-order valence-electron chi connectivity index (χ2n) is 6.47. The van der Waals surface area contributed by atoms with Crippen LogP contribution in [0.4, 0.5) is 0 Å². The van der Waals surface area contributed by atoms with Crippen LogP contribution in [0.2, 0.25) is 0 Å². The van der Waals surface area contributed by atoms with Gasteiger partial charge in [-0.3, -0.25) is 0 Å². The highest BCUT2D eigenvalue weighted by Gasteiger charge is 2.45. The molecule has 0 bridgehead atoms. The van der Waals surface area contributed by atoms with Gasteiger partial charge in [-0.25, -0.2) is 0 Å². The van der Waals surface area contributed by atoms with E-state index in [1.54, 1.807) is 0 Å². The van der Waals surface area contributed by atoms with Crippen molar-refractivity contribution < 1.29 is 4.74 Å². The van der Waals surface area contributed by atoms with Crippen LogP contribution in [0.3, 0.4) is 0 Å². The van der Waals surface area contributed by atoms with Crippen LogP contribution in [0, 0.1) is 11.8 Å². The molecule has 3 rings (SSSR count). The summed E-state index contributed by atoms with van der Waals surface area (Å²) in [5.74, 6) is 1.95. The lowest BCUT2D eigenvalue weighted by atomic mass is 9.69. The molecule has 0 aromatic rings. The lowest BCUT2D eigenvalue weighted by Crippen LogP contribution is -2.46. The third-order valence-corrected chi connectivity index (χ3v) is 5.43. The Bertz CT molecular complexity index is 262. The summed E-state index contributed by atoms with van der Waals surface area (Å²) in [6.07, 6.45) is 11.1. The molecule has 1 N–H and O–H groups in total. The van der Waals surface area contributed by atoms with Gasteiger partial charge >= 0.3 is 0 Å². The van der Waals surface area contributed by atoms with Crippen molar-refractivity contribution in [2.75, 3.05) is 13.2 Å². The standard InChI is InChI=1S/C15H27NO/c1-2-16-14-5-4-12(10-14)13-6-9-17-15(11-13)7-3-8-15/h12-14,16H,2-11H2,1H3. The minimum Gasteiger partial charge on any atom is -0.375 e. The van der Waals surface area contributed by atoms with Crippen molar-refractivity contribution in [2.24, 2.45) is 11.8 Å². The normalized spacial score (nSPS) is 40.4. The molecule has 1 spiro atoms. The zero-order valence-corrected chi connectivity index (χ0v) is 11.2. The molecule has 17 heavy (non-hydrogen) atoms. The van der Waals surface area contributed by atoms with Gasteiger partial charge in [-0.15, -0.1) is 0 Å². The highest BCUT2D eigenvalue weighted by Crippen LogP contribution is 2.48. The highest BCUT2D eigenvalue weighted by molar-refractivity contribution is 4.97. The third-order valence-electron chi connectivity index (χ3n) is 5.43. The first-order chi connectivity index (χ1) is 8.31. The smallest absolute Gasteiger partial charge is 0.0685 e. The second-order valence-corrected chi connectivity index (χ2v) is 6.47. The summed E-state index contributed by atoms with van der Waals surface area (Å²) in [4.78, 5) is 0. The van der Waals surface area contributed by atoms with Gasteiger partial charge in [0.05, 0.1) is 5.60 Å². The first-order valence-corrected chi connectivity index (χ1v) is 7.69. The number of hydrogen-bond acceptors (Lipinski definition) is 2. The molecule has 1 heterocycles. The van der Waals surface area contributed by atoms with Crippen molar-refractivity contribution in [1.29, 1.82) is 0 Å². The number of hydrogen-bond donors (Lipinski definition) is 1. The second kappa shape index (κ2) is 4.89. The summed E-state index contributed by atoms with van der Waals surface area (Å²) in [6, 6.07) is 0.810. The largest absolute Gasteiger partial charge is 0.375 e. The molecule has 0 amide bonds. The van der Waals surface area contributed by atoms with E-state index in [4.69, 9.17) is 4.74 Å². The van der Waals surface area contributed by atoms with E-state index in [0.29, 0.717) is 5.60 Å². The van der Waals surface area contributed by atoms with Gasteiger partial charge in [0.25, 0.3) is 0 Å². The fraction of sp³-hybridized carbons (Fsp3) is 1.00. The molecule has 2 aliphatic carbocycles. The Labute approximate surface area is 105 Å². The van der Waals surface area contributed by atoms with E-state index in [2.05, 4.69) is 12.2 Å². The molecule has 3 atom stereocenters. The van der Waals surface area contributed by atoms with Gasteiger partial charge in [-0.1, -0.05) is 6.92 Å². The minimum absolute atomic E-state index is 0.346. The van der Waals surface area contributed by atoms with Gasteiger partial charge in [0.2, 0.25) is 0 Å². The average molecular weight is 237 g/mol. The predicted molar refractivity (Wildman–Crippen MR) is 70.1 cm³/mol. The molecule has 0 radical (unpaired) electrons. The molecule has 1 saturated heterocycles. The molecule has 2 nitrogen and oxygen atoms in total. The topological polar surface area (TPSA) is 21.3 Å². The van der Waals surface area contributed by atoms with Crippen LogP contribution in [0.1, 0.15) is 58.3 Å². The summed E-state index contributed by atoms with van der Waals surface area (Å²) in [5, 5.41) is 3.63. The maximum absolute atomic E-state index is 6.05. The van der Waals surface area contributed by atoms with Crippen LogP contribution >= 0.6 is 0 Å². The van der Waals surface area contributed by atoms with Crippen molar-refractivity contribution in [1.82, 2.24) is 5.32 Å². The van der Waals surface area contributed by atoms with Crippen LogP contribution in [0.15, 0.2) is 0 Å². The average Bonchev–Trinajstić information content (AvgIpc) is 2.76. The maximum Gasteiger partial charge on any atom is 0.0685 e. The van der Waals surface area contributed by atoms with Crippen LogP contribution in [0.5, 0.6) is 0 Å². The molecule has 3 fully saturated rings. The first-order valence-electron chi connectivity index (χ1n) is 7.69. The van der Waals surface area contributed by atoms with Crippen molar-refractivity contribution in [3.8, 4) is 0 Å². The van der Waals surface area contributed by atoms with Gasteiger partial charge in [0.1, 0.15) is 0 Å². The molecule has 3 unspecified atom stereocenters. The Balaban J connectivity index is 1.54. The van der Waals surface area contributed by atoms with E-state index in [-0.39, 0.29) is 0 Å². The molecule has 3 aliphatic rings. The van der Waals surface area contributed by atoms with Gasteiger partial charge in [0.15, 0.2) is 0 Å². The SMILES string of the molecule is CCNC1CCC(C2CCOC3(CCC3)C2)C1. The molecule has 98 valence electrons. The van der Waals surface area contributed by atoms with Crippen LogP contribution in [-0.4, -0.2) is 24.8 Å². The first kappa shape index (κ1) is 12.0. The van der Waals surface area contributed by atoms with Crippen LogP contribution in [-0.2, 0) is 4.74 Å². The zero-order valence-electron chi connectivity index (χ0n) is 11.2. The highest BCUT2D eigenvalue weighted by atomic mass is 16.5. The van der Waals surface area contributed by atoms with E-state index >= 15 is 0 Å². The number of rotatable bonds is 3. The van der Waals surface area contributed by atoms with E-state index in [9.17, 15) is 0 Å². The van der Waals surface area contributed by atoms with E-state index in [0.717, 1.165) is 31.0 Å². The Morgan fingerprint density at radius 2 is 2.06 bits per heavy atom. The van der Waals surface area contributed by atoms with E-state index in [1.165, 1.54) is 51.4 Å². The Morgan fingerprint density at radius 1 is 1.18 bits per heavy atom. The molecule has 1 aliphatic heterocycles. The summed E-state index contributed by atoms with van der Waals surface area (Å²) in [6.45, 7) is 4.40. The lowest BCUT2D eigenvalue weighted by molar-refractivity contribution is -0.149. The molecule has 2 heteroatoms. The molecule has 0 aromatic heterocycles. The Kier molecular flexibility index (Phi) is 3.45. The van der Waals surface area contributed by atoms with Crippen molar-refractivity contribution >= 4 is 0 Å². The fourth-order valence-corrected chi connectivity index (χ4v) is 4.31. The molecule has 2 saturated carbocycles. The summed E-state index contributed by atoms with van der Waals surface area (Å²) >= 11 is 0. The lowest BCUT2D eigenvalue weighted by Gasteiger charge is -2.48. The van der Waals surface area contributed by atoms with Crippen molar-refractivity contribution in [2.45, 2.75) is 69.9 Å². The fourth-order valence-electron chi connectivity index (χ4n) is 4.31. The van der Waals surface area contributed by atoms with Crippen molar-refractivity contribution in [3.05, 3.63) is 0 Å². The Morgan fingerprint density at radius 3 is 2.76 bits per heavy atom. The summed E-state index contributed by atoms with van der Waals surface area (Å²) in [5.41, 5.74) is 0.346. The number of nitrogens with one attached hydrogen (secondary N) is 1. The molecular formula is C15H27NO. The van der Waals surface area contributed by atoms with Gasteiger partial charge in [-0.2, -0.15) is 0 Å². The predicted octanol–water partition coefficient (Wildman–Crippen LogP) is 3.11. The van der Waals surface area contributed by atoms with Crippen LogP contribution < -0.4 is 5.32 Å². The monoisotopic (exact) mass is 237 g/mol. The van der Waals surface area contributed by atoms with Crippen LogP contribution in [0.25, 0.3) is 0 Å². The van der Waals surface area contributed by atoms with Crippen molar-refractivity contribution in [3.63, 3.8) is 0 Å². The summed E-state index contributed by atoms with van der Waals surface area (Å²) < 4.78 is 6.05. The zero-order chi connectivity index (χ0) is 11.7. The number of ether oxygens (including phenoxy) is 1. The van der Waals surface area contributed by atoms with Gasteiger partial charge < -0.3 is 10.1 Å². The van der Waals surface area contributed by atoms with E-state index < -0.39 is 0 Å². The third kappa shape index (κ3) is 2.39. The molecule has 0 aromatic carbocycles. The Hall–Kier alpha value is -0.0800. The minimum atomic E-state index is 0.346. The maximum atomic E-state index is 6.05. The summed E-state index contributed by atoms with van der Waals surface area (Å²) in [7, 11) is 0. The van der Waals surface area contributed by atoms with Gasteiger partial charge in [0, 0.05) is 12.6 Å². The van der Waals surface area contributed by atoms with Gasteiger partial charge in [-0.05, 0) is 69.7 Å². The van der Waals surface area contributed by atoms with E-state index in [1.807, 2.05) is 0 Å². The quantitative estimate of drug-likeness (QED) is 0.814.